The van der Waals surface area contributed by atoms with Gasteiger partial charge in [-0.1, -0.05) is 6.07 Å². The minimum atomic E-state index is -0.0129. The van der Waals surface area contributed by atoms with E-state index in [1.54, 1.807) is 0 Å². The van der Waals surface area contributed by atoms with Gasteiger partial charge in [0.2, 0.25) is 0 Å². The first-order valence-electron chi connectivity index (χ1n) is 8.21. The summed E-state index contributed by atoms with van der Waals surface area (Å²) >= 11 is 0. The molecule has 1 aromatic rings. The van der Waals surface area contributed by atoms with Gasteiger partial charge in [0.25, 0.3) is 0 Å². The summed E-state index contributed by atoms with van der Waals surface area (Å²) in [6, 6.07) is 6.55. The van der Waals surface area contributed by atoms with Gasteiger partial charge in [0.1, 0.15) is 0 Å². The Labute approximate surface area is 131 Å². The summed E-state index contributed by atoms with van der Waals surface area (Å²) in [6.07, 6.45) is 4.88. The van der Waals surface area contributed by atoms with E-state index in [-0.39, 0.29) is 12.6 Å². The van der Waals surface area contributed by atoms with Crippen LogP contribution in [0.2, 0.25) is 0 Å². The lowest BCUT2D eigenvalue weighted by Gasteiger charge is -2.23. The first-order valence-corrected chi connectivity index (χ1v) is 8.21. The number of hydrogen-bond donors (Lipinski definition) is 2. The van der Waals surface area contributed by atoms with E-state index < -0.39 is 0 Å². The maximum absolute atomic E-state index is 12.5. The van der Waals surface area contributed by atoms with E-state index in [1.165, 1.54) is 11.3 Å². The SMILES string of the molecule is CN1CCc2ccc(NC(=O)N(CCCCO)C3CC3)cc21. The van der Waals surface area contributed by atoms with Crippen molar-refractivity contribution in [2.75, 3.05) is 37.0 Å². The Balaban J connectivity index is 1.63. The quantitative estimate of drug-likeness (QED) is 0.794. The van der Waals surface area contributed by atoms with Crippen molar-refractivity contribution in [3.8, 4) is 0 Å². The van der Waals surface area contributed by atoms with Crippen molar-refractivity contribution in [3.05, 3.63) is 23.8 Å². The molecule has 1 aliphatic carbocycles. The minimum absolute atomic E-state index is 0.0129. The molecule has 0 atom stereocenters. The number of aliphatic hydroxyl groups is 1. The van der Waals surface area contributed by atoms with Crippen LogP contribution in [0.5, 0.6) is 0 Å². The second kappa shape index (κ2) is 6.57. The van der Waals surface area contributed by atoms with Crippen LogP contribution in [0.25, 0.3) is 0 Å². The highest BCUT2D eigenvalue weighted by molar-refractivity contribution is 5.90. The van der Waals surface area contributed by atoms with E-state index in [9.17, 15) is 4.79 Å². The van der Waals surface area contributed by atoms with Crippen LogP contribution in [0.4, 0.5) is 16.2 Å². The van der Waals surface area contributed by atoms with E-state index in [2.05, 4.69) is 29.4 Å². The van der Waals surface area contributed by atoms with Gasteiger partial charge in [-0.05, 0) is 49.8 Å². The van der Waals surface area contributed by atoms with Gasteiger partial charge in [0.15, 0.2) is 0 Å². The van der Waals surface area contributed by atoms with Crippen LogP contribution in [-0.4, -0.2) is 48.8 Å². The van der Waals surface area contributed by atoms with Crippen LogP contribution in [0, 0.1) is 0 Å². The number of amides is 2. The van der Waals surface area contributed by atoms with Crippen molar-refractivity contribution in [1.29, 1.82) is 0 Å². The molecule has 0 bridgehead atoms. The maximum atomic E-state index is 12.5. The smallest absolute Gasteiger partial charge is 0.322 e. The molecule has 0 saturated heterocycles. The highest BCUT2D eigenvalue weighted by Gasteiger charge is 2.32. The Kier molecular flexibility index (Phi) is 4.52. The molecule has 0 spiro atoms. The number of benzene rings is 1. The van der Waals surface area contributed by atoms with Crippen molar-refractivity contribution < 1.29 is 9.90 Å². The summed E-state index contributed by atoms with van der Waals surface area (Å²) in [5, 5.41) is 11.9. The zero-order valence-corrected chi connectivity index (χ0v) is 13.2. The van der Waals surface area contributed by atoms with Gasteiger partial charge >= 0.3 is 6.03 Å². The third kappa shape index (κ3) is 3.35. The molecule has 5 heteroatoms. The number of fused-ring (bicyclic) bond motifs is 1. The molecule has 0 unspecified atom stereocenters. The number of urea groups is 1. The molecule has 2 aliphatic rings. The lowest BCUT2D eigenvalue weighted by molar-refractivity contribution is 0.204. The Morgan fingerprint density at radius 2 is 2.23 bits per heavy atom. The third-order valence-corrected chi connectivity index (χ3v) is 4.52. The van der Waals surface area contributed by atoms with Crippen molar-refractivity contribution in [3.63, 3.8) is 0 Å². The van der Waals surface area contributed by atoms with Gasteiger partial charge in [-0.3, -0.25) is 0 Å². The molecular formula is C17H25N3O2. The van der Waals surface area contributed by atoms with Gasteiger partial charge in [0.05, 0.1) is 0 Å². The average Bonchev–Trinajstić information content (AvgIpc) is 3.28. The molecule has 1 aliphatic heterocycles. The molecule has 1 fully saturated rings. The summed E-state index contributed by atoms with van der Waals surface area (Å²) in [7, 11) is 2.09. The average molecular weight is 303 g/mol. The van der Waals surface area contributed by atoms with Crippen LogP contribution < -0.4 is 10.2 Å². The highest BCUT2D eigenvalue weighted by atomic mass is 16.3. The Morgan fingerprint density at radius 3 is 2.95 bits per heavy atom. The number of nitrogens with zero attached hydrogens (tertiary/aromatic N) is 2. The zero-order chi connectivity index (χ0) is 15.5. The van der Waals surface area contributed by atoms with E-state index in [0.717, 1.165) is 50.9 Å². The molecule has 5 nitrogen and oxygen atoms in total. The van der Waals surface area contributed by atoms with Crippen molar-refractivity contribution in [2.45, 2.75) is 38.1 Å². The van der Waals surface area contributed by atoms with Crippen LogP contribution >= 0.6 is 0 Å². The van der Waals surface area contributed by atoms with E-state index in [4.69, 9.17) is 5.11 Å². The first-order chi connectivity index (χ1) is 10.7. The predicted molar refractivity (Wildman–Crippen MR) is 88.5 cm³/mol. The van der Waals surface area contributed by atoms with E-state index in [0.29, 0.717) is 6.04 Å². The molecule has 1 aromatic carbocycles. The molecule has 2 N–H and O–H groups in total. The molecule has 0 radical (unpaired) electrons. The number of carbonyl (C=O) groups is 1. The third-order valence-electron chi connectivity index (χ3n) is 4.52. The Hall–Kier alpha value is -1.75. The second-order valence-electron chi connectivity index (χ2n) is 6.30. The van der Waals surface area contributed by atoms with Gasteiger partial charge in [-0.25, -0.2) is 4.79 Å². The van der Waals surface area contributed by atoms with Crippen LogP contribution in [0.15, 0.2) is 18.2 Å². The van der Waals surface area contributed by atoms with Gasteiger partial charge in [-0.2, -0.15) is 0 Å². The number of rotatable bonds is 6. The topological polar surface area (TPSA) is 55.8 Å². The highest BCUT2D eigenvalue weighted by Crippen LogP contribution is 2.31. The first kappa shape index (κ1) is 15.2. The summed E-state index contributed by atoms with van der Waals surface area (Å²) in [6.45, 7) is 1.96. The fourth-order valence-electron chi connectivity index (χ4n) is 3.04. The number of nitrogens with one attached hydrogen (secondary N) is 1. The molecule has 0 aromatic heterocycles. The molecule has 1 heterocycles. The fraction of sp³-hybridized carbons (Fsp3) is 0.588. The predicted octanol–water partition coefficient (Wildman–Crippen LogP) is 2.45. The fourth-order valence-corrected chi connectivity index (χ4v) is 3.04. The van der Waals surface area contributed by atoms with E-state index in [1.807, 2.05) is 11.0 Å². The lowest BCUT2D eigenvalue weighted by Crippen LogP contribution is -2.37. The Bertz CT molecular complexity index is 543. The molecule has 1 saturated carbocycles. The largest absolute Gasteiger partial charge is 0.396 e. The maximum Gasteiger partial charge on any atom is 0.322 e. The summed E-state index contributed by atoms with van der Waals surface area (Å²) in [5.74, 6) is 0. The lowest BCUT2D eigenvalue weighted by atomic mass is 10.1. The van der Waals surface area contributed by atoms with Gasteiger partial charge < -0.3 is 20.2 Å². The van der Waals surface area contributed by atoms with Crippen LogP contribution in [-0.2, 0) is 6.42 Å². The van der Waals surface area contributed by atoms with E-state index >= 15 is 0 Å². The number of anilines is 2. The summed E-state index contributed by atoms with van der Waals surface area (Å²) in [5.41, 5.74) is 3.43. The van der Waals surface area contributed by atoms with Gasteiger partial charge in [0, 0.05) is 44.2 Å². The zero-order valence-electron chi connectivity index (χ0n) is 13.2. The normalized spacial score (nSPS) is 16.5. The number of unbranched alkanes of at least 4 members (excludes halogenated alkanes) is 1. The number of hydrogen-bond acceptors (Lipinski definition) is 3. The van der Waals surface area contributed by atoms with Crippen LogP contribution in [0.1, 0.15) is 31.2 Å². The molecule has 3 rings (SSSR count). The number of likely N-dealkylation sites (N-methyl/N-ethyl adjacent to an activating group) is 1. The monoisotopic (exact) mass is 303 g/mol. The molecular weight excluding hydrogens is 278 g/mol. The van der Waals surface area contributed by atoms with Gasteiger partial charge in [-0.15, -0.1) is 0 Å². The second-order valence-corrected chi connectivity index (χ2v) is 6.30. The number of carbonyl (C=O) groups excluding carboxylic acids is 1. The summed E-state index contributed by atoms with van der Waals surface area (Å²) in [4.78, 5) is 16.7. The Morgan fingerprint density at radius 1 is 1.41 bits per heavy atom. The summed E-state index contributed by atoms with van der Waals surface area (Å²) < 4.78 is 0. The van der Waals surface area contributed by atoms with Crippen molar-refractivity contribution in [2.24, 2.45) is 0 Å². The minimum Gasteiger partial charge on any atom is -0.396 e. The molecule has 22 heavy (non-hydrogen) atoms. The van der Waals surface area contributed by atoms with Crippen molar-refractivity contribution >= 4 is 17.4 Å². The standard InChI is InChI=1S/C17H25N3O2/c1-19-10-8-13-4-5-14(12-16(13)19)18-17(22)20(15-6-7-15)9-2-3-11-21/h4-5,12,15,21H,2-3,6-11H2,1H3,(H,18,22). The number of aliphatic hydroxyl groups excluding tert-OH is 1. The molecule has 2 amide bonds. The molecule has 120 valence electrons. The van der Waals surface area contributed by atoms with Crippen LogP contribution in [0.3, 0.4) is 0 Å². The van der Waals surface area contributed by atoms with Crippen molar-refractivity contribution in [1.82, 2.24) is 4.90 Å².